The summed E-state index contributed by atoms with van der Waals surface area (Å²) >= 11 is 0. The number of hydrogen-bond acceptors (Lipinski definition) is 3. The van der Waals surface area contributed by atoms with Crippen LogP contribution in [0, 0.1) is 5.92 Å². The van der Waals surface area contributed by atoms with Crippen molar-refractivity contribution in [2.75, 3.05) is 12.4 Å². The van der Waals surface area contributed by atoms with Gasteiger partial charge in [-0.25, -0.2) is 13.1 Å². The summed E-state index contributed by atoms with van der Waals surface area (Å²) in [7, 11) is -3.18. The van der Waals surface area contributed by atoms with Gasteiger partial charge in [0.1, 0.15) is 0 Å². The van der Waals surface area contributed by atoms with Crippen molar-refractivity contribution in [2.24, 2.45) is 5.92 Å². The summed E-state index contributed by atoms with van der Waals surface area (Å²) in [5, 5.41) is 0. The Morgan fingerprint density at radius 3 is 2.57 bits per heavy atom. The SMILES string of the molecule is CCOCc1ccccc1CNS(=O)(=O)CCC1CCC1. The van der Waals surface area contributed by atoms with Crippen LogP contribution in [-0.4, -0.2) is 20.8 Å². The Bertz CT molecular complexity index is 538. The molecule has 0 unspecified atom stereocenters. The van der Waals surface area contributed by atoms with Gasteiger partial charge in [-0.3, -0.25) is 0 Å². The zero-order chi connectivity index (χ0) is 15.1. The summed E-state index contributed by atoms with van der Waals surface area (Å²) in [5.74, 6) is 0.859. The second-order valence-electron chi connectivity index (χ2n) is 5.63. The quantitative estimate of drug-likeness (QED) is 0.763. The lowest BCUT2D eigenvalue weighted by Crippen LogP contribution is -2.28. The van der Waals surface area contributed by atoms with Crippen LogP contribution in [0.15, 0.2) is 24.3 Å². The smallest absolute Gasteiger partial charge is 0.211 e. The summed E-state index contributed by atoms with van der Waals surface area (Å²) < 4.78 is 32.2. The Kier molecular flexibility index (Phi) is 6.21. The molecular formula is C16H25NO3S. The largest absolute Gasteiger partial charge is 0.377 e. The van der Waals surface area contributed by atoms with E-state index in [1.807, 2.05) is 31.2 Å². The van der Waals surface area contributed by atoms with Crippen LogP contribution in [0.5, 0.6) is 0 Å². The van der Waals surface area contributed by atoms with Crippen LogP contribution < -0.4 is 4.72 Å². The van der Waals surface area contributed by atoms with E-state index in [0.29, 0.717) is 25.7 Å². The molecule has 0 amide bonds. The van der Waals surface area contributed by atoms with Crippen molar-refractivity contribution in [1.29, 1.82) is 0 Å². The van der Waals surface area contributed by atoms with E-state index < -0.39 is 10.0 Å². The fourth-order valence-electron chi connectivity index (χ4n) is 2.45. The summed E-state index contributed by atoms with van der Waals surface area (Å²) in [6, 6.07) is 7.80. The van der Waals surface area contributed by atoms with Gasteiger partial charge in [0.15, 0.2) is 0 Å². The summed E-state index contributed by atoms with van der Waals surface area (Å²) in [5.41, 5.74) is 2.03. The molecule has 1 saturated carbocycles. The van der Waals surface area contributed by atoms with E-state index in [-0.39, 0.29) is 5.75 Å². The molecule has 118 valence electrons. The summed E-state index contributed by atoms with van der Waals surface area (Å²) in [4.78, 5) is 0. The lowest BCUT2D eigenvalue weighted by molar-refractivity contribution is 0.133. The number of benzene rings is 1. The van der Waals surface area contributed by atoms with Gasteiger partial charge in [-0.1, -0.05) is 43.5 Å². The van der Waals surface area contributed by atoms with Gasteiger partial charge in [0, 0.05) is 13.2 Å². The van der Waals surface area contributed by atoms with Gasteiger partial charge >= 0.3 is 0 Å². The molecule has 0 aromatic heterocycles. The van der Waals surface area contributed by atoms with Crippen LogP contribution >= 0.6 is 0 Å². The van der Waals surface area contributed by atoms with Crippen LogP contribution in [0.4, 0.5) is 0 Å². The molecule has 0 atom stereocenters. The Morgan fingerprint density at radius 2 is 1.95 bits per heavy atom. The normalized spacial score (nSPS) is 15.9. The van der Waals surface area contributed by atoms with E-state index in [9.17, 15) is 8.42 Å². The van der Waals surface area contributed by atoms with E-state index in [0.717, 1.165) is 17.5 Å². The molecule has 0 bridgehead atoms. The van der Waals surface area contributed by atoms with Crippen LogP contribution in [0.2, 0.25) is 0 Å². The number of hydrogen-bond donors (Lipinski definition) is 1. The van der Waals surface area contributed by atoms with Crippen LogP contribution in [0.3, 0.4) is 0 Å². The van der Waals surface area contributed by atoms with Crippen LogP contribution in [0.1, 0.15) is 43.7 Å². The average Bonchev–Trinajstić information content (AvgIpc) is 2.42. The van der Waals surface area contributed by atoms with Gasteiger partial charge < -0.3 is 4.74 Å². The predicted octanol–water partition coefficient (Wildman–Crippen LogP) is 2.83. The minimum atomic E-state index is -3.18. The van der Waals surface area contributed by atoms with E-state index >= 15 is 0 Å². The zero-order valence-electron chi connectivity index (χ0n) is 12.7. The highest BCUT2D eigenvalue weighted by atomic mass is 32.2. The molecule has 4 nitrogen and oxygen atoms in total. The average molecular weight is 311 g/mol. The lowest BCUT2D eigenvalue weighted by Gasteiger charge is -2.24. The van der Waals surface area contributed by atoms with Gasteiger partial charge in [-0.15, -0.1) is 0 Å². The second-order valence-corrected chi connectivity index (χ2v) is 7.56. The first kappa shape index (κ1) is 16.5. The minimum Gasteiger partial charge on any atom is -0.377 e. The van der Waals surface area contributed by atoms with Crippen LogP contribution in [0.25, 0.3) is 0 Å². The second kappa shape index (κ2) is 7.92. The predicted molar refractivity (Wildman–Crippen MR) is 84.4 cm³/mol. The topological polar surface area (TPSA) is 55.4 Å². The van der Waals surface area contributed by atoms with Crippen molar-refractivity contribution < 1.29 is 13.2 Å². The Labute approximate surface area is 127 Å². The van der Waals surface area contributed by atoms with Crippen molar-refractivity contribution in [1.82, 2.24) is 4.72 Å². The van der Waals surface area contributed by atoms with Gasteiger partial charge in [0.2, 0.25) is 10.0 Å². The standard InChI is InChI=1S/C16H25NO3S/c1-2-20-13-16-9-4-3-8-15(16)12-17-21(18,19)11-10-14-6-5-7-14/h3-4,8-9,14,17H,2,5-7,10-13H2,1H3. The Morgan fingerprint density at radius 1 is 1.24 bits per heavy atom. The van der Waals surface area contributed by atoms with E-state index in [4.69, 9.17) is 4.74 Å². The van der Waals surface area contributed by atoms with Gasteiger partial charge in [-0.2, -0.15) is 0 Å². The number of sulfonamides is 1. The third-order valence-corrected chi connectivity index (χ3v) is 5.44. The number of ether oxygens (including phenoxy) is 1. The molecule has 1 aliphatic rings. The first-order chi connectivity index (χ1) is 10.1. The van der Waals surface area contributed by atoms with Gasteiger partial charge in [0.25, 0.3) is 0 Å². The molecule has 1 fully saturated rings. The molecule has 0 radical (unpaired) electrons. The molecule has 0 spiro atoms. The first-order valence-electron chi connectivity index (χ1n) is 7.72. The van der Waals surface area contributed by atoms with Gasteiger partial charge in [0.05, 0.1) is 12.4 Å². The van der Waals surface area contributed by atoms with Crippen molar-refractivity contribution >= 4 is 10.0 Å². The molecule has 0 aliphatic heterocycles. The maximum absolute atomic E-state index is 12.0. The molecule has 1 aromatic rings. The van der Waals surface area contributed by atoms with Crippen molar-refractivity contribution in [3.63, 3.8) is 0 Å². The molecule has 21 heavy (non-hydrogen) atoms. The monoisotopic (exact) mass is 311 g/mol. The van der Waals surface area contributed by atoms with E-state index in [1.165, 1.54) is 19.3 Å². The Balaban J connectivity index is 1.86. The highest BCUT2D eigenvalue weighted by molar-refractivity contribution is 7.89. The van der Waals surface area contributed by atoms with Crippen molar-refractivity contribution in [2.45, 2.75) is 45.8 Å². The molecule has 1 aromatic carbocycles. The molecule has 0 heterocycles. The van der Waals surface area contributed by atoms with Crippen molar-refractivity contribution in [3.8, 4) is 0 Å². The molecule has 0 saturated heterocycles. The number of nitrogens with one attached hydrogen (secondary N) is 1. The molecule has 1 aliphatic carbocycles. The summed E-state index contributed by atoms with van der Waals surface area (Å²) in [6.07, 6.45) is 4.41. The lowest BCUT2D eigenvalue weighted by atomic mass is 9.84. The minimum absolute atomic E-state index is 0.241. The molecule has 1 N–H and O–H groups in total. The fraction of sp³-hybridized carbons (Fsp3) is 0.625. The molecule has 2 rings (SSSR count). The molecule has 5 heteroatoms. The fourth-order valence-corrected chi connectivity index (χ4v) is 3.61. The maximum Gasteiger partial charge on any atom is 0.211 e. The Hall–Kier alpha value is -0.910. The highest BCUT2D eigenvalue weighted by Crippen LogP contribution is 2.29. The first-order valence-corrected chi connectivity index (χ1v) is 9.38. The van der Waals surface area contributed by atoms with Gasteiger partial charge in [-0.05, 0) is 30.4 Å². The summed E-state index contributed by atoms with van der Waals surface area (Å²) in [6.45, 7) is 3.47. The van der Waals surface area contributed by atoms with Crippen LogP contribution in [-0.2, 0) is 27.9 Å². The van der Waals surface area contributed by atoms with Crippen molar-refractivity contribution in [3.05, 3.63) is 35.4 Å². The van der Waals surface area contributed by atoms with E-state index in [2.05, 4.69) is 4.72 Å². The zero-order valence-corrected chi connectivity index (χ0v) is 13.5. The van der Waals surface area contributed by atoms with E-state index in [1.54, 1.807) is 0 Å². The maximum atomic E-state index is 12.0. The number of rotatable bonds is 9. The molecular weight excluding hydrogens is 286 g/mol. The third-order valence-electron chi connectivity index (χ3n) is 4.08. The third kappa shape index (κ3) is 5.41. The highest BCUT2D eigenvalue weighted by Gasteiger charge is 2.20.